The summed E-state index contributed by atoms with van der Waals surface area (Å²) in [4.78, 5) is 2.57. The Morgan fingerprint density at radius 1 is 1.21 bits per heavy atom. The maximum Gasteiger partial charge on any atom is 0.0424 e. The maximum atomic E-state index is 6.39. The van der Waals surface area contributed by atoms with Gasteiger partial charge in [0.15, 0.2) is 0 Å². The first-order chi connectivity index (χ1) is 9.20. The zero-order chi connectivity index (χ0) is 13.7. The van der Waals surface area contributed by atoms with Crippen LogP contribution in [0.4, 0.5) is 0 Å². The van der Waals surface area contributed by atoms with E-state index >= 15 is 0 Å². The van der Waals surface area contributed by atoms with Crippen molar-refractivity contribution >= 4 is 0 Å². The molecular weight excluding hydrogens is 232 g/mol. The molecule has 2 N–H and O–H groups in total. The molecule has 1 saturated heterocycles. The lowest BCUT2D eigenvalue weighted by Gasteiger charge is -2.29. The van der Waals surface area contributed by atoms with Crippen molar-refractivity contribution in [3.63, 3.8) is 0 Å². The van der Waals surface area contributed by atoms with E-state index in [2.05, 4.69) is 43.0 Å². The number of aryl methyl sites for hydroxylation is 1. The highest BCUT2D eigenvalue weighted by atomic mass is 15.2. The normalized spacial score (nSPS) is 23.0. The molecule has 0 spiro atoms. The number of nitrogens with two attached hydrogens (primary N) is 1. The molecule has 0 radical (unpaired) electrons. The highest BCUT2D eigenvalue weighted by molar-refractivity contribution is 5.25. The Balaban J connectivity index is 1.96. The Labute approximate surface area is 118 Å². The highest BCUT2D eigenvalue weighted by Gasteiger charge is 2.19. The molecule has 1 aromatic carbocycles. The quantitative estimate of drug-likeness (QED) is 0.897. The Bertz CT molecular complexity index is 371. The predicted molar refractivity (Wildman–Crippen MR) is 82.3 cm³/mol. The molecule has 0 aliphatic carbocycles. The zero-order valence-corrected chi connectivity index (χ0v) is 12.4. The summed E-state index contributed by atoms with van der Waals surface area (Å²) >= 11 is 0. The van der Waals surface area contributed by atoms with E-state index in [1.54, 1.807) is 0 Å². The lowest BCUT2D eigenvalue weighted by molar-refractivity contribution is 0.201. The van der Waals surface area contributed by atoms with Crippen LogP contribution in [0, 0.1) is 0 Å². The molecule has 2 unspecified atom stereocenters. The molecule has 0 amide bonds. The first-order valence-corrected chi connectivity index (χ1v) is 7.79. The van der Waals surface area contributed by atoms with Gasteiger partial charge in [0.1, 0.15) is 0 Å². The van der Waals surface area contributed by atoms with Crippen LogP contribution in [0.1, 0.15) is 56.7 Å². The van der Waals surface area contributed by atoms with Crippen LogP contribution in [-0.4, -0.2) is 24.0 Å². The number of rotatable bonds is 4. The predicted octanol–water partition coefficient (Wildman–Crippen LogP) is 3.51. The summed E-state index contributed by atoms with van der Waals surface area (Å²) in [7, 11) is 0. The Morgan fingerprint density at radius 2 is 1.95 bits per heavy atom. The van der Waals surface area contributed by atoms with Gasteiger partial charge in [0.2, 0.25) is 0 Å². The number of nitrogens with zero attached hydrogens (tertiary/aromatic N) is 1. The fraction of sp³-hybridized carbons (Fsp3) is 0.647. The van der Waals surface area contributed by atoms with Crippen molar-refractivity contribution in [1.29, 1.82) is 0 Å². The molecule has 2 heteroatoms. The largest absolute Gasteiger partial charge is 0.323 e. The lowest BCUT2D eigenvalue weighted by atomic mass is 10.0. The van der Waals surface area contributed by atoms with E-state index < -0.39 is 0 Å². The van der Waals surface area contributed by atoms with Gasteiger partial charge in [-0.1, -0.05) is 44.0 Å². The van der Waals surface area contributed by atoms with Crippen LogP contribution in [0.5, 0.6) is 0 Å². The second-order valence-electron chi connectivity index (χ2n) is 5.89. The fourth-order valence-electron chi connectivity index (χ4n) is 2.96. The summed E-state index contributed by atoms with van der Waals surface area (Å²) in [5.41, 5.74) is 9.05. The summed E-state index contributed by atoms with van der Waals surface area (Å²) in [6.45, 7) is 6.74. The molecule has 1 aliphatic heterocycles. The molecule has 1 fully saturated rings. The SMILES string of the molecule is CCc1ccc(C(N)CN2CCCCCC2C)cc1. The van der Waals surface area contributed by atoms with E-state index in [1.807, 2.05) is 0 Å². The van der Waals surface area contributed by atoms with Crippen molar-refractivity contribution in [2.24, 2.45) is 5.73 Å². The fourth-order valence-corrected chi connectivity index (χ4v) is 2.96. The van der Waals surface area contributed by atoms with Crippen LogP contribution in [0.15, 0.2) is 24.3 Å². The number of likely N-dealkylation sites (tertiary alicyclic amines) is 1. The highest BCUT2D eigenvalue weighted by Crippen LogP contribution is 2.20. The third kappa shape index (κ3) is 4.05. The van der Waals surface area contributed by atoms with E-state index in [4.69, 9.17) is 5.73 Å². The van der Waals surface area contributed by atoms with Crippen molar-refractivity contribution in [2.75, 3.05) is 13.1 Å². The average molecular weight is 260 g/mol. The maximum absolute atomic E-state index is 6.39. The minimum absolute atomic E-state index is 0.145. The summed E-state index contributed by atoms with van der Waals surface area (Å²) < 4.78 is 0. The minimum atomic E-state index is 0.145. The lowest BCUT2D eigenvalue weighted by Crippen LogP contribution is -2.38. The second kappa shape index (κ2) is 7.06. The van der Waals surface area contributed by atoms with Gasteiger partial charge in [-0.05, 0) is 43.9 Å². The van der Waals surface area contributed by atoms with Crippen molar-refractivity contribution in [1.82, 2.24) is 4.90 Å². The molecule has 0 aromatic heterocycles. The summed E-state index contributed by atoms with van der Waals surface area (Å²) in [5.74, 6) is 0. The molecule has 2 rings (SSSR count). The standard InChI is InChI=1S/C17H28N2/c1-3-15-8-10-16(11-9-15)17(18)13-19-12-6-4-5-7-14(19)2/h8-11,14,17H,3-7,12-13,18H2,1-2H3. The minimum Gasteiger partial charge on any atom is -0.323 e. The second-order valence-corrected chi connectivity index (χ2v) is 5.89. The van der Waals surface area contributed by atoms with Crippen molar-refractivity contribution in [3.8, 4) is 0 Å². The monoisotopic (exact) mass is 260 g/mol. The number of hydrogen-bond acceptors (Lipinski definition) is 2. The molecule has 106 valence electrons. The van der Waals surface area contributed by atoms with Gasteiger partial charge in [-0.3, -0.25) is 4.90 Å². The molecule has 2 nitrogen and oxygen atoms in total. The molecule has 1 aromatic rings. The van der Waals surface area contributed by atoms with Gasteiger partial charge < -0.3 is 5.73 Å². The number of benzene rings is 1. The van der Waals surface area contributed by atoms with E-state index in [-0.39, 0.29) is 6.04 Å². The average Bonchev–Trinajstić information content (AvgIpc) is 2.64. The van der Waals surface area contributed by atoms with Gasteiger partial charge in [-0.15, -0.1) is 0 Å². The third-order valence-corrected chi connectivity index (χ3v) is 4.44. The Hall–Kier alpha value is -0.860. The van der Waals surface area contributed by atoms with Crippen molar-refractivity contribution in [3.05, 3.63) is 35.4 Å². The third-order valence-electron chi connectivity index (χ3n) is 4.44. The van der Waals surface area contributed by atoms with E-state index in [1.165, 1.54) is 43.4 Å². The van der Waals surface area contributed by atoms with Crippen LogP contribution in [0.2, 0.25) is 0 Å². The Kier molecular flexibility index (Phi) is 5.41. The first-order valence-electron chi connectivity index (χ1n) is 7.79. The molecule has 19 heavy (non-hydrogen) atoms. The summed E-state index contributed by atoms with van der Waals surface area (Å²) in [6, 6.07) is 9.65. The van der Waals surface area contributed by atoms with Crippen LogP contribution in [0.25, 0.3) is 0 Å². The van der Waals surface area contributed by atoms with E-state index in [9.17, 15) is 0 Å². The van der Waals surface area contributed by atoms with E-state index in [0.717, 1.165) is 13.0 Å². The molecule has 2 atom stereocenters. The molecule has 1 heterocycles. The van der Waals surface area contributed by atoms with Gasteiger partial charge in [0.25, 0.3) is 0 Å². The topological polar surface area (TPSA) is 29.3 Å². The van der Waals surface area contributed by atoms with Gasteiger partial charge in [0.05, 0.1) is 0 Å². The van der Waals surface area contributed by atoms with Gasteiger partial charge in [-0.25, -0.2) is 0 Å². The zero-order valence-electron chi connectivity index (χ0n) is 12.4. The van der Waals surface area contributed by atoms with Crippen molar-refractivity contribution < 1.29 is 0 Å². The van der Waals surface area contributed by atoms with Crippen molar-refractivity contribution in [2.45, 2.75) is 58.0 Å². The van der Waals surface area contributed by atoms with Gasteiger partial charge in [-0.2, -0.15) is 0 Å². The summed E-state index contributed by atoms with van der Waals surface area (Å²) in [5, 5.41) is 0. The molecule has 1 aliphatic rings. The Morgan fingerprint density at radius 3 is 2.63 bits per heavy atom. The van der Waals surface area contributed by atoms with E-state index in [0.29, 0.717) is 6.04 Å². The van der Waals surface area contributed by atoms with Gasteiger partial charge >= 0.3 is 0 Å². The molecular formula is C17H28N2. The van der Waals surface area contributed by atoms with Crippen LogP contribution in [0.3, 0.4) is 0 Å². The van der Waals surface area contributed by atoms with Crippen LogP contribution >= 0.6 is 0 Å². The van der Waals surface area contributed by atoms with Crippen LogP contribution < -0.4 is 5.73 Å². The summed E-state index contributed by atoms with van der Waals surface area (Å²) in [6.07, 6.45) is 6.49. The molecule has 0 bridgehead atoms. The van der Waals surface area contributed by atoms with Crippen LogP contribution in [-0.2, 0) is 6.42 Å². The molecule has 0 saturated carbocycles. The first kappa shape index (κ1) is 14.5. The number of hydrogen-bond donors (Lipinski definition) is 1. The van der Waals surface area contributed by atoms with Gasteiger partial charge in [0, 0.05) is 18.6 Å². The smallest absolute Gasteiger partial charge is 0.0424 e.